The van der Waals surface area contributed by atoms with Crippen LogP contribution in [-0.4, -0.2) is 11.8 Å². The van der Waals surface area contributed by atoms with Crippen LogP contribution in [0.2, 0.25) is 0 Å². The van der Waals surface area contributed by atoms with E-state index < -0.39 is 0 Å². The predicted octanol–water partition coefficient (Wildman–Crippen LogP) is 4.02. The van der Waals surface area contributed by atoms with E-state index in [1.165, 1.54) is 16.2 Å². The van der Waals surface area contributed by atoms with Crippen LogP contribution >= 0.6 is 34.7 Å². The second-order valence-electron chi connectivity index (χ2n) is 3.78. The summed E-state index contributed by atoms with van der Waals surface area (Å²) in [6.45, 7) is 6.67. The summed E-state index contributed by atoms with van der Waals surface area (Å²) < 4.78 is 1.45. The fourth-order valence-corrected chi connectivity index (χ4v) is 4.42. The molecule has 1 N–H and O–H groups in total. The summed E-state index contributed by atoms with van der Waals surface area (Å²) in [5, 5.41) is 6.98. The third kappa shape index (κ3) is 2.78. The molecule has 82 valence electrons. The smallest absolute Gasteiger partial charge is 0.0649 e. The average molecular weight is 260 g/mol. The molecule has 0 aliphatic carbocycles. The Morgan fingerprint density at radius 2 is 2.53 bits per heavy atom. The van der Waals surface area contributed by atoms with Gasteiger partial charge in [-0.2, -0.15) is 0 Å². The lowest BCUT2D eigenvalue weighted by atomic mass is 10.1. The molecule has 1 nitrogen and oxygen atoms in total. The van der Waals surface area contributed by atoms with Crippen LogP contribution in [0.5, 0.6) is 0 Å². The van der Waals surface area contributed by atoms with Gasteiger partial charge in [-0.05, 0) is 23.4 Å². The minimum absolute atomic E-state index is 0.443. The van der Waals surface area contributed by atoms with Gasteiger partial charge in [-0.1, -0.05) is 25.1 Å². The molecule has 0 radical (unpaired) electrons. The number of thioether (sulfide) groups is 1. The zero-order chi connectivity index (χ0) is 10.8. The highest BCUT2D eigenvalue weighted by Crippen LogP contribution is 2.43. The number of hydrogen-bond donors (Lipinski definition) is 1. The molecule has 1 aliphatic heterocycles. The van der Waals surface area contributed by atoms with Crippen molar-refractivity contribution in [1.82, 2.24) is 5.32 Å². The molecule has 0 saturated carbocycles. The molecule has 2 atom stereocenters. The SMILES string of the molecule is C=C(Cl)CNC1C[C@H](C)Sc2sccc21. The zero-order valence-electron chi connectivity index (χ0n) is 8.63. The third-order valence-electron chi connectivity index (χ3n) is 2.45. The lowest BCUT2D eigenvalue weighted by molar-refractivity contribution is 0.513. The maximum atomic E-state index is 5.77. The van der Waals surface area contributed by atoms with E-state index in [1.807, 2.05) is 23.1 Å². The number of halogens is 1. The maximum absolute atomic E-state index is 5.77. The van der Waals surface area contributed by atoms with Crippen LogP contribution < -0.4 is 5.32 Å². The Morgan fingerprint density at radius 1 is 1.73 bits per heavy atom. The van der Waals surface area contributed by atoms with Gasteiger partial charge >= 0.3 is 0 Å². The molecule has 4 heteroatoms. The van der Waals surface area contributed by atoms with Crippen LogP contribution in [-0.2, 0) is 0 Å². The summed E-state index contributed by atoms with van der Waals surface area (Å²) in [7, 11) is 0. The van der Waals surface area contributed by atoms with Crippen molar-refractivity contribution < 1.29 is 0 Å². The molecule has 2 rings (SSSR count). The molecule has 1 aromatic rings. The van der Waals surface area contributed by atoms with Crippen molar-refractivity contribution in [3.63, 3.8) is 0 Å². The van der Waals surface area contributed by atoms with E-state index in [-0.39, 0.29) is 0 Å². The topological polar surface area (TPSA) is 12.0 Å². The average Bonchev–Trinajstić information content (AvgIpc) is 2.61. The van der Waals surface area contributed by atoms with Crippen molar-refractivity contribution in [2.24, 2.45) is 0 Å². The normalized spacial score (nSPS) is 24.9. The van der Waals surface area contributed by atoms with Crippen LogP contribution in [0.25, 0.3) is 0 Å². The van der Waals surface area contributed by atoms with Crippen molar-refractivity contribution in [1.29, 1.82) is 0 Å². The standard InChI is InChI=1S/C11H14ClNS2/c1-7(12)6-13-10-5-8(2)15-11-9(10)3-4-14-11/h3-4,8,10,13H,1,5-6H2,2H3/t8-,10?/m0/s1. The summed E-state index contributed by atoms with van der Waals surface area (Å²) >= 11 is 9.59. The fourth-order valence-electron chi connectivity index (χ4n) is 1.78. The highest BCUT2D eigenvalue weighted by atomic mass is 35.5. The van der Waals surface area contributed by atoms with Crippen molar-refractivity contribution in [3.8, 4) is 0 Å². The van der Waals surface area contributed by atoms with Crippen LogP contribution in [0, 0.1) is 0 Å². The van der Waals surface area contributed by atoms with Gasteiger partial charge in [0.1, 0.15) is 0 Å². The lowest BCUT2D eigenvalue weighted by Gasteiger charge is -2.27. The Balaban J connectivity index is 2.09. The van der Waals surface area contributed by atoms with Gasteiger partial charge in [-0.15, -0.1) is 23.1 Å². The van der Waals surface area contributed by atoms with E-state index in [0.29, 0.717) is 22.9 Å². The van der Waals surface area contributed by atoms with Gasteiger partial charge in [-0.25, -0.2) is 0 Å². The van der Waals surface area contributed by atoms with E-state index in [1.54, 1.807) is 0 Å². The highest BCUT2D eigenvalue weighted by molar-refractivity contribution is 8.01. The molecule has 0 aromatic carbocycles. The number of rotatable bonds is 3. The quantitative estimate of drug-likeness (QED) is 0.880. The third-order valence-corrected chi connectivity index (χ3v) is 4.93. The predicted molar refractivity (Wildman–Crippen MR) is 70.0 cm³/mol. The molecular weight excluding hydrogens is 246 g/mol. The molecular formula is C11H14ClNS2. The monoisotopic (exact) mass is 259 g/mol. The van der Waals surface area contributed by atoms with Gasteiger partial charge in [0, 0.05) is 22.9 Å². The Morgan fingerprint density at radius 3 is 3.27 bits per heavy atom. The Bertz CT molecular complexity index is 361. The molecule has 0 bridgehead atoms. The van der Waals surface area contributed by atoms with Crippen LogP contribution in [0.1, 0.15) is 24.9 Å². The molecule has 0 amide bonds. The summed E-state index contributed by atoms with van der Waals surface area (Å²) in [6, 6.07) is 2.66. The molecule has 0 fully saturated rings. The zero-order valence-corrected chi connectivity index (χ0v) is 11.0. The van der Waals surface area contributed by atoms with Crippen LogP contribution in [0.3, 0.4) is 0 Å². The van der Waals surface area contributed by atoms with Crippen molar-refractivity contribution >= 4 is 34.7 Å². The summed E-state index contributed by atoms with van der Waals surface area (Å²) in [5.74, 6) is 0. The highest BCUT2D eigenvalue weighted by Gasteiger charge is 2.25. The molecule has 0 saturated heterocycles. The van der Waals surface area contributed by atoms with Crippen LogP contribution in [0.15, 0.2) is 27.3 Å². The molecule has 2 heterocycles. The largest absolute Gasteiger partial charge is 0.305 e. The van der Waals surface area contributed by atoms with Crippen molar-refractivity contribution in [2.45, 2.75) is 28.8 Å². The first-order chi connectivity index (χ1) is 7.16. The second kappa shape index (κ2) is 4.91. The molecule has 0 spiro atoms. The van der Waals surface area contributed by atoms with E-state index >= 15 is 0 Å². The molecule has 1 unspecified atom stereocenters. The second-order valence-corrected chi connectivity index (χ2v) is 6.94. The van der Waals surface area contributed by atoms with Gasteiger partial charge in [0.25, 0.3) is 0 Å². The van der Waals surface area contributed by atoms with Crippen molar-refractivity contribution in [2.75, 3.05) is 6.54 Å². The molecule has 15 heavy (non-hydrogen) atoms. The number of fused-ring (bicyclic) bond motifs is 1. The van der Waals surface area contributed by atoms with Gasteiger partial charge in [0.05, 0.1) is 4.21 Å². The van der Waals surface area contributed by atoms with Gasteiger partial charge in [0.15, 0.2) is 0 Å². The maximum Gasteiger partial charge on any atom is 0.0649 e. The van der Waals surface area contributed by atoms with Gasteiger partial charge in [0.2, 0.25) is 0 Å². The Labute approximate surface area is 104 Å². The van der Waals surface area contributed by atoms with E-state index in [9.17, 15) is 0 Å². The van der Waals surface area contributed by atoms with Gasteiger partial charge < -0.3 is 5.32 Å². The molecule has 1 aromatic heterocycles. The minimum Gasteiger partial charge on any atom is -0.305 e. The first-order valence-electron chi connectivity index (χ1n) is 4.97. The van der Waals surface area contributed by atoms with E-state index in [0.717, 1.165) is 0 Å². The van der Waals surface area contributed by atoms with Crippen molar-refractivity contribution in [3.05, 3.63) is 28.6 Å². The van der Waals surface area contributed by atoms with E-state index in [4.69, 9.17) is 11.6 Å². The fraction of sp³-hybridized carbons (Fsp3) is 0.455. The first-order valence-corrected chi connectivity index (χ1v) is 7.11. The summed E-state index contributed by atoms with van der Waals surface area (Å²) in [6.07, 6.45) is 1.17. The Kier molecular flexibility index (Phi) is 3.78. The number of hydrogen-bond acceptors (Lipinski definition) is 3. The first kappa shape index (κ1) is 11.5. The number of thiophene rings is 1. The van der Waals surface area contributed by atoms with Crippen LogP contribution in [0.4, 0.5) is 0 Å². The lowest BCUT2D eigenvalue weighted by Crippen LogP contribution is -2.27. The van der Waals surface area contributed by atoms with E-state index in [2.05, 4.69) is 30.3 Å². The Hall–Kier alpha value is 0.0400. The van der Waals surface area contributed by atoms with Gasteiger partial charge in [-0.3, -0.25) is 0 Å². The molecule has 1 aliphatic rings. The minimum atomic E-state index is 0.443. The summed E-state index contributed by atoms with van der Waals surface area (Å²) in [5.41, 5.74) is 1.43. The summed E-state index contributed by atoms with van der Waals surface area (Å²) in [4.78, 5) is 0. The number of nitrogens with one attached hydrogen (secondary N) is 1.